The molecule has 2 amide bonds. The quantitative estimate of drug-likeness (QED) is 0.484. The van der Waals surface area contributed by atoms with Crippen molar-refractivity contribution < 1.29 is 9.53 Å². The van der Waals surface area contributed by atoms with E-state index in [0.717, 1.165) is 5.56 Å². The van der Waals surface area contributed by atoms with Crippen molar-refractivity contribution in [2.24, 2.45) is 0 Å². The molecular weight excluding hydrogens is 410 g/mol. The van der Waals surface area contributed by atoms with Gasteiger partial charge in [0.15, 0.2) is 11.5 Å². The number of rotatable bonds is 6. The van der Waals surface area contributed by atoms with Crippen LogP contribution in [-0.4, -0.2) is 47.2 Å². The van der Waals surface area contributed by atoms with E-state index in [1.54, 1.807) is 29.2 Å². The number of ether oxygens (including phenoxy) is 1. The summed E-state index contributed by atoms with van der Waals surface area (Å²) in [5.74, 6) is 0.356. The Balaban J connectivity index is 1.55. The third-order valence-corrected chi connectivity index (χ3v) is 4.50. The highest BCUT2D eigenvalue weighted by Gasteiger charge is 2.19. The molecule has 0 aliphatic rings. The SMILES string of the molecule is CCO[C@H](C)c1c(NC(=O)Nc2cnc(-n3nccn3)c(Cl)c2)cnn2ccnc12. The molecule has 0 aliphatic heterocycles. The zero-order valence-electron chi connectivity index (χ0n) is 16.2. The van der Waals surface area contributed by atoms with Crippen molar-refractivity contribution in [3.05, 3.63) is 53.8 Å². The molecule has 0 saturated heterocycles. The summed E-state index contributed by atoms with van der Waals surface area (Å²) in [5, 5.41) is 18.0. The van der Waals surface area contributed by atoms with Gasteiger partial charge in [0.2, 0.25) is 0 Å². The molecule has 12 heteroatoms. The van der Waals surface area contributed by atoms with Gasteiger partial charge in [0.25, 0.3) is 0 Å². The Morgan fingerprint density at radius 2 is 1.97 bits per heavy atom. The smallest absolute Gasteiger partial charge is 0.323 e. The Kier molecular flexibility index (Phi) is 5.55. The molecule has 4 rings (SSSR count). The molecule has 154 valence electrons. The second kappa shape index (κ2) is 8.43. The number of carbonyl (C=O) groups excluding carboxylic acids is 1. The fraction of sp³-hybridized carbons (Fsp3) is 0.222. The first-order valence-electron chi connectivity index (χ1n) is 9.11. The van der Waals surface area contributed by atoms with E-state index >= 15 is 0 Å². The monoisotopic (exact) mass is 427 g/mol. The van der Waals surface area contributed by atoms with Gasteiger partial charge in [-0.05, 0) is 19.9 Å². The molecule has 0 spiro atoms. The van der Waals surface area contributed by atoms with Crippen molar-refractivity contribution in [2.75, 3.05) is 17.2 Å². The van der Waals surface area contributed by atoms with Gasteiger partial charge in [-0.25, -0.2) is 19.3 Å². The first-order valence-corrected chi connectivity index (χ1v) is 9.48. The Morgan fingerprint density at radius 3 is 2.70 bits per heavy atom. The van der Waals surface area contributed by atoms with Crippen molar-refractivity contribution in [2.45, 2.75) is 20.0 Å². The molecule has 11 nitrogen and oxygen atoms in total. The van der Waals surface area contributed by atoms with Gasteiger partial charge < -0.3 is 15.4 Å². The molecule has 0 fully saturated rings. The topological polar surface area (TPSA) is 124 Å². The summed E-state index contributed by atoms with van der Waals surface area (Å²) in [6.07, 6.45) is 9.12. The van der Waals surface area contributed by atoms with Crippen LogP contribution in [0.15, 0.2) is 43.2 Å². The van der Waals surface area contributed by atoms with E-state index in [-0.39, 0.29) is 11.1 Å². The maximum Gasteiger partial charge on any atom is 0.323 e. The number of anilines is 2. The molecule has 4 heterocycles. The summed E-state index contributed by atoms with van der Waals surface area (Å²) < 4.78 is 7.34. The van der Waals surface area contributed by atoms with E-state index in [4.69, 9.17) is 16.3 Å². The van der Waals surface area contributed by atoms with Crippen LogP contribution in [0.25, 0.3) is 11.5 Å². The van der Waals surface area contributed by atoms with Gasteiger partial charge in [-0.1, -0.05) is 11.6 Å². The van der Waals surface area contributed by atoms with Crippen LogP contribution in [0.3, 0.4) is 0 Å². The molecule has 4 aromatic heterocycles. The largest absolute Gasteiger partial charge is 0.374 e. The zero-order valence-corrected chi connectivity index (χ0v) is 16.9. The van der Waals surface area contributed by atoms with Crippen LogP contribution < -0.4 is 10.6 Å². The number of hydrogen-bond donors (Lipinski definition) is 2. The average molecular weight is 428 g/mol. The Morgan fingerprint density at radius 1 is 1.17 bits per heavy atom. The van der Waals surface area contributed by atoms with E-state index in [0.29, 0.717) is 29.4 Å². The van der Waals surface area contributed by atoms with Gasteiger partial charge in [-0.15, -0.1) is 4.80 Å². The molecule has 2 N–H and O–H groups in total. The number of aromatic nitrogens is 7. The fourth-order valence-corrected chi connectivity index (χ4v) is 3.22. The van der Waals surface area contributed by atoms with Gasteiger partial charge in [0.1, 0.15) is 0 Å². The maximum atomic E-state index is 12.6. The first kappa shape index (κ1) is 19.7. The van der Waals surface area contributed by atoms with Crippen molar-refractivity contribution in [1.82, 2.24) is 34.6 Å². The number of fused-ring (bicyclic) bond motifs is 1. The van der Waals surface area contributed by atoms with Crippen molar-refractivity contribution >= 4 is 34.7 Å². The first-order chi connectivity index (χ1) is 14.6. The minimum Gasteiger partial charge on any atom is -0.374 e. The lowest BCUT2D eigenvalue weighted by Crippen LogP contribution is -2.22. The molecule has 0 bridgehead atoms. The highest BCUT2D eigenvalue weighted by molar-refractivity contribution is 6.32. The molecular formula is C18H18ClN9O2. The molecule has 0 saturated carbocycles. The number of nitrogens with zero attached hydrogens (tertiary/aromatic N) is 7. The zero-order chi connectivity index (χ0) is 21.1. The van der Waals surface area contributed by atoms with Crippen LogP contribution in [0.4, 0.5) is 16.2 Å². The summed E-state index contributed by atoms with van der Waals surface area (Å²) in [5.41, 5.74) is 2.23. The van der Waals surface area contributed by atoms with E-state index in [2.05, 4.69) is 35.9 Å². The maximum absolute atomic E-state index is 12.6. The fourth-order valence-electron chi connectivity index (χ4n) is 2.98. The van der Waals surface area contributed by atoms with Crippen LogP contribution in [0.1, 0.15) is 25.5 Å². The number of nitrogens with one attached hydrogen (secondary N) is 2. The third kappa shape index (κ3) is 3.93. The van der Waals surface area contributed by atoms with E-state index < -0.39 is 6.03 Å². The minimum absolute atomic E-state index is 0.287. The lowest BCUT2D eigenvalue weighted by atomic mass is 10.1. The summed E-state index contributed by atoms with van der Waals surface area (Å²) in [6, 6.07) is 1.08. The molecule has 0 radical (unpaired) electrons. The van der Waals surface area contributed by atoms with Gasteiger partial charge >= 0.3 is 6.03 Å². The third-order valence-electron chi connectivity index (χ3n) is 4.22. The van der Waals surface area contributed by atoms with Gasteiger partial charge in [-0.2, -0.15) is 15.3 Å². The van der Waals surface area contributed by atoms with Crippen molar-refractivity contribution in [3.8, 4) is 5.82 Å². The normalized spacial score (nSPS) is 12.1. The second-order valence-electron chi connectivity index (χ2n) is 6.19. The standard InChI is InChI=1S/C18H18ClN9O2/c1-3-30-11(2)15-14(10-24-27-7-6-20-17(15)27)26-18(29)25-12-8-13(19)16(21-9-12)28-22-4-5-23-28/h4-11H,3H2,1-2H3,(H2,25,26,29)/t11-/m1/s1. The molecule has 0 aliphatic carbocycles. The molecule has 0 aromatic carbocycles. The van der Waals surface area contributed by atoms with Crippen molar-refractivity contribution in [1.29, 1.82) is 0 Å². The Hall–Kier alpha value is -3.57. The summed E-state index contributed by atoms with van der Waals surface area (Å²) in [4.78, 5) is 22.4. The number of pyridine rings is 1. The van der Waals surface area contributed by atoms with Gasteiger partial charge in [-0.3, -0.25) is 0 Å². The van der Waals surface area contributed by atoms with Crippen LogP contribution >= 0.6 is 11.6 Å². The number of imidazole rings is 1. The molecule has 0 unspecified atom stereocenters. The van der Waals surface area contributed by atoms with E-state index in [9.17, 15) is 4.79 Å². The summed E-state index contributed by atoms with van der Waals surface area (Å²) in [7, 11) is 0. The predicted molar refractivity (Wildman–Crippen MR) is 110 cm³/mol. The number of amides is 2. The molecule has 30 heavy (non-hydrogen) atoms. The Bertz CT molecular complexity index is 1180. The summed E-state index contributed by atoms with van der Waals surface area (Å²) in [6.45, 7) is 4.31. The van der Waals surface area contributed by atoms with Gasteiger partial charge in [0, 0.05) is 19.0 Å². The highest BCUT2D eigenvalue weighted by atomic mass is 35.5. The molecule has 4 aromatic rings. The van der Waals surface area contributed by atoms with Crippen LogP contribution in [0, 0.1) is 0 Å². The summed E-state index contributed by atoms with van der Waals surface area (Å²) >= 11 is 6.25. The lowest BCUT2D eigenvalue weighted by Gasteiger charge is -2.17. The van der Waals surface area contributed by atoms with Crippen LogP contribution in [0.2, 0.25) is 5.02 Å². The number of carbonyl (C=O) groups is 1. The lowest BCUT2D eigenvalue weighted by molar-refractivity contribution is 0.0774. The number of halogens is 1. The molecule has 1 atom stereocenters. The average Bonchev–Trinajstić information content (AvgIpc) is 3.40. The second-order valence-corrected chi connectivity index (χ2v) is 6.60. The number of hydrogen-bond acceptors (Lipinski definition) is 7. The highest BCUT2D eigenvalue weighted by Crippen LogP contribution is 2.28. The van der Waals surface area contributed by atoms with E-state index in [1.165, 1.54) is 23.4 Å². The van der Waals surface area contributed by atoms with Crippen LogP contribution in [-0.2, 0) is 4.74 Å². The van der Waals surface area contributed by atoms with Gasteiger partial charge in [0.05, 0.1) is 52.9 Å². The van der Waals surface area contributed by atoms with E-state index in [1.807, 2.05) is 13.8 Å². The Labute approximate surface area is 176 Å². The van der Waals surface area contributed by atoms with Crippen molar-refractivity contribution in [3.63, 3.8) is 0 Å². The predicted octanol–water partition coefficient (Wildman–Crippen LogP) is 3.10. The minimum atomic E-state index is -0.486. The van der Waals surface area contributed by atoms with Crippen LogP contribution in [0.5, 0.6) is 0 Å². The number of urea groups is 1.